The van der Waals surface area contributed by atoms with E-state index in [4.69, 9.17) is 13.6 Å². The molecule has 114 valence electrons. The van der Waals surface area contributed by atoms with Crippen LogP contribution in [0.3, 0.4) is 0 Å². The molecule has 1 aliphatic heterocycles. The fraction of sp³-hybridized carbons (Fsp3) is 1.00. The lowest BCUT2D eigenvalue weighted by molar-refractivity contribution is -0.119. The zero-order valence-electron chi connectivity index (χ0n) is 13.3. The Kier molecular flexibility index (Phi) is 7.58. The van der Waals surface area contributed by atoms with Gasteiger partial charge in [-0.3, -0.25) is 0 Å². The average molecular weight is 289 g/mol. The Morgan fingerprint density at radius 1 is 1.05 bits per heavy atom. The topological polar surface area (TPSA) is 27.7 Å². The van der Waals surface area contributed by atoms with Gasteiger partial charge < -0.3 is 13.6 Å². The highest BCUT2D eigenvalue weighted by Crippen LogP contribution is 2.37. The molecule has 1 aliphatic rings. The molecule has 0 N–H and O–H groups in total. The second-order valence-corrected chi connectivity index (χ2v) is 9.38. The zero-order valence-corrected chi connectivity index (χ0v) is 14.3. The molecule has 1 fully saturated rings. The molecule has 0 bridgehead atoms. The lowest BCUT2D eigenvalue weighted by Crippen LogP contribution is -2.43. The number of rotatable bonds is 11. The number of hydrogen-bond acceptors (Lipinski definition) is 3. The van der Waals surface area contributed by atoms with E-state index < -0.39 is 8.56 Å². The predicted molar refractivity (Wildman–Crippen MR) is 81.7 cm³/mol. The Bertz CT molecular complexity index is 228. The van der Waals surface area contributed by atoms with Gasteiger partial charge in [-0.2, -0.15) is 0 Å². The second-order valence-electron chi connectivity index (χ2n) is 6.03. The summed E-state index contributed by atoms with van der Waals surface area (Å²) in [4.78, 5) is 0. The van der Waals surface area contributed by atoms with Gasteiger partial charge in [-0.15, -0.1) is 0 Å². The van der Waals surface area contributed by atoms with Crippen LogP contribution < -0.4 is 0 Å². The van der Waals surface area contributed by atoms with Gasteiger partial charge in [-0.25, -0.2) is 0 Å². The minimum Gasteiger partial charge on any atom is -0.394 e. The maximum atomic E-state index is 6.07. The largest absolute Gasteiger partial charge is 0.394 e. The van der Waals surface area contributed by atoms with Crippen molar-refractivity contribution in [3.8, 4) is 0 Å². The first-order chi connectivity index (χ1) is 9.10. The Morgan fingerprint density at radius 3 is 2.00 bits per heavy atom. The smallest absolute Gasteiger partial charge is 0.334 e. The SMILES string of the molecule is CCCO[Si](C)(CCCC1(CC)COC1)OCCC. The molecule has 0 amide bonds. The molecule has 1 heterocycles. The molecule has 19 heavy (non-hydrogen) atoms. The summed E-state index contributed by atoms with van der Waals surface area (Å²) < 4.78 is 17.5. The first-order valence-corrected chi connectivity index (χ1v) is 10.5. The first kappa shape index (κ1) is 17.1. The van der Waals surface area contributed by atoms with Crippen LogP contribution in [-0.4, -0.2) is 35.0 Å². The Morgan fingerprint density at radius 2 is 1.63 bits per heavy atom. The molecule has 1 saturated heterocycles. The molecule has 0 saturated carbocycles. The van der Waals surface area contributed by atoms with Crippen LogP contribution in [-0.2, 0) is 13.6 Å². The fourth-order valence-corrected chi connectivity index (χ4v) is 4.99. The third-order valence-corrected chi connectivity index (χ3v) is 7.02. The van der Waals surface area contributed by atoms with Crippen LogP contribution in [0, 0.1) is 5.41 Å². The van der Waals surface area contributed by atoms with Gasteiger partial charge in [0.25, 0.3) is 0 Å². The van der Waals surface area contributed by atoms with Gasteiger partial charge in [0.2, 0.25) is 0 Å². The van der Waals surface area contributed by atoms with Crippen LogP contribution in [0.5, 0.6) is 0 Å². The highest BCUT2D eigenvalue weighted by atomic mass is 28.4. The lowest BCUT2D eigenvalue weighted by atomic mass is 9.79. The standard InChI is InChI=1S/C15H32O3Si/c1-5-10-17-19(4,18-11-6-2)12-8-9-15(7-3)13-16-14-15/h5-14H2,1-4H3. The molecule has 0 radical (unpaired) electrons. The van der Waals surface area contributed by atoms with E-state index in [2.05, 4.69) is 27.3 Å². The van der Waals surface area contributed by atoms with Crippen molar-refractivity contribution in [2.45, 2.75) is 65.5 Å². The number of hydrogen-bond donors (Lipinski definition) is 0. The average Bonchev–Trinajstić information content (AvgIpc) is 2.37. The summed E-state index contributed by atoms with van der Waals surface area (Å²) in [5.74, 6) is 0. The highest BCUT2D eigenvalue weighted by molar-refractivity contribution is 6.66. The van der Waals surface area contributed by atoms with Crippen molar-refractivity contribution in [1.29, 1.82) is 0 Å². The van der Waals surface area contributed by atoms with Crippen LogP contribution in [0.15, 0.2) is 0 Å². The molecule has 0 aliphatic carbocycles. The quantitative estimate of drug-likeness (QED) is 0.535. The van der Waals surface area contributed by atoms with Gasteiger partial charge in [0.15, 0.2) is 0 Å². The van der Waals surface area contributed by atoms with E-state index in [0.717, 1.165) is 45.3 Å². The van der Waals surface area contributed by atoms with E-state index in [9.17, 15) is 0 Å². The van der Waals surface area contributed by atoms with Crippen molar-refractivity contribution >= 4 is 8.56 Å². The summed E-state index contributed by atoms with van der Waals surface area (Å²) in [6.07, 6.45) is 5.86. The molecule has 1 rings (SSSR count). The molecule has 0 spiro atoms. The molecule has 4 heteroatoms. The fourth-order valence-electron chi connectivity index (χ4n) is 2.52. The monoisotopic (exact) mass is 288 g/mol. The molecule has 0 aromatic rings. The third-order valence-electron chi connectivity index (χ3n) is 4.13. The van der Waals surface area contributed by atoms with Gasteiger partial charge in [0.05, 0.1) is 13.2 Å². The molecule has 0 aromatic carbocycles. The van der Waals surface area contributed by atoms with Crippen LogP contribution in [0.4, 0.5) is 0 Å². The second kappa shape index (κ2) is 8.40. The van der Waals surface area contributed by atoms with E-state index in [0.29, 0.717) is 5.41 Å². The summed E-state index contributed by atoms with van der Waals surface area (Å²) in [5.41, 5.74) is 0.463. The van der Waals surface area contributed by atoms with E-state index in [1.54, 1.807) is 0 Å². The van der Waals surface area contributed by atoms with Gasteiger partial charge >= 0.3 is 8.56 Å². The van der Waals surface area contributed by atoms with Crippen molar-refractivity contribution in [3.05, 3.63) is 0 Å². The summed E-state index contributed by atoms with van der Waals surface area (Å²) in [7, 11) is -1.93. The van der Waals surface area contributed by atoms with Crippen molar-refractivity contribution in [3.63, 3.8) is 0 Å². The Labute approximate surface area is 120 Å². The Balaban J connectivity index is 2.34. The molecule has 0 atom stereocenters. The molecule has 0 aromatic heterocycles. The van der Waals surface area contributed by atoms with Gasteiger partial charge in [0.1, 0.15) is 0 Å². The van der Waals surface area contributed by atoms with E-state index >= 15 is 0 Å². The summed E-state index contributed by atoms with van der Waals surface area (Å²) >= 11 is 0. The third kappa shape index (κ3) is 5.54. The summed E-state index contributed by atoms with van der Waals surface area (Å²) in [6.45, 7) is 12.4. The molecular formula is C15H32O3Si. The first-order valence-electron chi connectivity index (χ1n) is 7.95. The molecule has 3 nitrogen and oxygen atoms in total. The van der Waals surface area contributed by atoms with Crippen LogP contribution in [0.2, 0.25) is 12.6 Å². The van der Waals surface area contributed by atoms with E-state index in [1.807, 2.05) is 0 Å². The maximum absolute atomic E-state index is 6.07. The molecule has 0 unspecified atom stereocenters. The van der Waals surface area contributed by atoms with Gasteiger partial charge in [-0.05, 0) is 38.3 Å². The number of ether oxygens (including phenoxy) is 1. The Hall–Kier alpha value is 0.0969. The molecular weight excluding hydrogens is 256 g/mol. The maximum Gasteiger partial charge on any atom is 0.334 e. The van der Waals surface area contributed by atoms with Crippen molar-refractivity contribution in [2.24, 2.45) is 5.41 Å². The van der Waals surface area contributed by atoms with Crippen LogP contribution in [0.25, 0.3) is 0 Å². The van der Waals surface area contributed by atoms with Gasteiger partial charge in [-0.1, -0.05) is 27.2 Å². The van der Waals surface area contributed by atoms with E-state index in [1.165, 1.54) is 19.3 Å². The lowest BCUT2D eigenvalue weighted by Gasteiger charge is -2.41. The van der Waals surface area contributed by atoms with Crippen molar-refractivity contribution in [2.75, 3.05) is 26.4 Å². The van der Waals surface area contributed by atoms with E-state index in [-0.39, 0.29) is 0 Å². The van der Waals surface area contributed by atoms with Crippen molar-refractivity contribution < 1.29 is 13.6 Å². The predicted octanol–water partition coefficient (Wildman–Crippen LogP) is 4.12. The highest BCUT2D eigenvalue weighted by Gasteiger charge is 2.38. The van der Waals surface area contributed by atoms with Crippen molar-refractivity contribution in [1.82, 2.24) is 0 Å². The summed E-state index contributed by atoms with van der Waals surface area (Å²) in [6, 6.07) is 1.12. The normalized spacial score (nSPS) is 18.3. The minimum absolute atomic E-state index is 0.463. The minimum atomic E-state index is -1.93. The van der Waals surface area contributed by atoms with Crippen LogP contribution >= 0.6 is 0 Å². The summed E-state index contributed by atoms with van der Waals surface area (Å²) in [5, 5.41) is 0. The van der Waals surface area contributed by atoms with Crippen LogP contribution in [0.1, 0.15) is 52.9 Å². The van der Waals surface area contributed by atoms with Gasteiger partial charge in [0, 0.05) is 18.6 Å². The zero-order chi connectivity index (χ0) is 14.2.